The van der Waals surface area contributed by atoms with E-state index < -0.39 is 5.82 Å². The highest BCUT2D eigenvalue weighted by molar-refractivity contribution is 5.94. The summed E-state index contributed by atoms with van der Waals surface area (Å²) in [5.74, 6) is -0.525. The van der Waals surface area contributed by atoms with E-state index in [0.717, 1.165) is 11.1 Å². The van der Waals surface area contributed by atoms with Crippen LogP contribution >= 0.6 is 12.4 Å². The number of carbonyl (C=O) groups is 1. The normalized spacial score (nSPS) is 15.8. The first-order chi connectivity index (χ1) is 7.08. The van der Waals surface area contributed by atoms with Crippen LogP contribution in [0.3, 0.4) is 0 Å². The van der Waals surface area contributed by atoms with Crippen molar-refractivity contribution in [2.75, 3.05) is 5.32 Å². The zero-order valence-corrected chi connectivity index (χ0v) is 9.73. The van der Waals surface area contributed by atoms with E-state index in [0.29, 0.717) is 18.5 Å². The van der Waals surface area contributed by atoms with Crippen molar-refractivity contribution in [2.45, 2.75) is 25.8 Å². The second kappa shape index (κ2) is 4.80. The Morgan fingerprint density at radius 1 is 1.44 bits per heavy atom. The molecule has 88 valence electrons. The molecular weight excluding hydrogens is 231 g/mol. The number of fused-ring (bicyclic) bond motifs is 1. The number of hydrogen-bond acceptors (Lipinski definition) is 2. The Labute approximate surface area is 99.6 Å². The van der Waals surface area contributed by atoms with Crippen LogP contribution in [0.4, 0.5) is 10.1 Å². The molecule has 0 saturated carbocycles. The zero-order valence-electron chi connectivity index (χ0n) is 8.92. The first kappa shape index (κ1) is 12.9. The maximum atomic E-state index is 13.6. The molecule has 1 amide bonds. The van der Waals surface area contributed by atoms with Crippen LogP contribution < -0.4 is 11.1 Å². The fraction of sp³-hybridized carbons (Fsp3) is 0.364. The average Bonchev–Trinajstić information content (AvgIpc) is 2.18. The molecule has 0 bridgehead atoms. The van der Waals surface area contributed by atoms with Crippen LogP contribution in [0.15, 0.2) is 12.1 Å². The second-order valence-corrected chi connectivity index (χ2v) is 3.87. The minimum Gasteiger partial charge on any atom is -0.324 e. The highest BCUT2D eigenvalue weighted by atomic mass is 35.5. The van der Waals surface area contributed by atoms with Gasteiger partial charge in [0.15, 0.2) is 0 Å². The Morgan fingerprint density at radius 2 is 2.12 bits per heavy atom. The van der Waals surface area contributed by atoms with Gasteiger partial charge in [-0.2, -0.15) is 0 Å². The summed E-state index contributed by atoms with van der Waals surface area (Å²) < 4.78 is 13.6. The number of amides is 1. The van der Waals surface area contributed by atoms with E-state index in [4.69, 9.17) is 5.73 Å². The largest absolute Gasteiger partial charge is 0.324 e. The van der Waals surface area contributed by atoms with E-state index in [-0.39, 0.29) is 24.4 Å². The van der Waals surface area contributed by atoms with Crippen LogP contribution in [0.5, 0.6) is 0 Å². The van der Waals surface area contributed by atoms with Gasteiger partial charge in [0.2, 0.25) is 5.91 Å². The van der Waals surface area contributed by atoms with Crippen LogP contribution in [-0.4, -0.2) is 5.91 Å². The van der Waals surface area contributed by atoms with Crippen molar-refractivity contribution in [3.63, 3.8) is 0 Å². The molecular formula is C11H14ClFN2O. The summed E-state index contributed by atoms with van der Waals surface area (Å²) in [6, 6.07) is 3.06. The lowest BCUT2D eigenvalue weighted by molar-refractivity contribution is -0.116. The number of carbonyl (C=O) groups excluding carboxylic acids is 1. The molecule has 0 saturated heterocycles. The van der Waals surface area contributed by atoms with Crippen molar-refractivity contribution < 1.29 is 9.18 Å². The first-order valence-corrected chi connectivity index (χ1v) is 4.95. The lowest BCUT2D eigenvalue weighted by Gasteiger charge is -2.19. The number of hydrogen-bond donors (Lipinski definition) is 2. The average molecular weight is 245 g/mol. The first-order valence-electron chi connectivity index (χ1n) is 4.95. The summed E-state index contributed by atoms with van der Waals surface area (Å²) in [6.45, 7) is 1.81. The number of halogens is 2. The van der Waals surface area contributed by atoms with E-state index in [1.165, 1.54) is 6.07 Å². The molecule has 1 aromatic rings. The van der Waals surface area contributed by atoms with Crippen molar-refractivity contribution in [3.05, 3.63) is 29.1 Å². The van der Waals surface area contributed by atoms with E-state index in [1.54, 1.807) is 0 Å². The number of benzene rings is 1. The quantitative estimate of drug-likeness (QED) is 0.795. The van der Waals surface area contributed by atoms with Gasteiger partial charge in [-0.3, -0.25) is 4.79 Å². The van der Waals surface area contributed by atoms with Crippen LogP contribution in [-0.2, 0) is 11.2 Å². The topological polar surface area (TPSA) is 55.1 Å². The van der Waals surface area contributed by atoms with E-state index in [9.17, 15) is 9.18 Å². The monoisotopic (exact) mass is 244 g/mol. The Morgan fingerprint density at radius 3 is 2.75 bits per heavy atom. The smallest absolute Gasteiger partial charge is 0.224 e. The van der Waals surface area contributed by atoms with Crippen molar-refractivity contribution >= 4 is 24.0 Å². The van der Waals surface area contributed by atoms with Gasteiger partial charge >= 0.3 is 0 Å². The molecule has 16 heavy (non-hydrogen) atoms. The van der Waals surface area contributed by atoms with Crippen LogP contribution in [0.25, 0.3) is 0 Å². The maximum Gasteiger partial charge on any atom is 0.224 e. The van der Waals surface area contributed by atoms with E-state index in [2.05, 4.69) is 5.32 Å². The van der Waals surface area contributed by atoms with Crippen molar-refractivity contribution in [1.29, 1.82) is 0 Å². The fourth-order valence-corrected chi connectivity index (χ4v) is 1.74. The van der Waals surface area contributed by atoms with Gasteiger partial charge in [-0.05, 0) is 30.5 Å². The molecule has 1 aromatic carbocycles. The highest BCUT2D eigenvalue weighted by Crippen LogP contribution is 2.28. The molecule has 1 aliphatic heterocycles. The predicted molar refractivity (Wildman–Crippen MR) is 63.2 cm³/mol. The molecule has 1 atom stereocenters. The Kier molecular flexibility index (Phi) is 3.88. The Bertz CT molecular complexity index is 421. The van der Waals surface area contributed by atoms with Crippen molar-refractivity contribution in [3.8, 4) is 0 Å². The SMILES string of the molecule is CC(N)c1cc(F)c2c(c1)CCC(=O)N2.Cl. The highest BCUT2D eigenvalue weighted by Gasteiger charge is 2.19. The number of aryl methyl sites for hydroxylation is 1. The van der Waals surface area contributed by atoms with Gasteiger partial charge in [0, 0.05) is 12.5 Å². The standard InChI is InChI=1S/C11H13FN2O.ClH/c1-6(13)8-4-7-2-3-10(15)14-11(7)9(12)5-8;/h4-6H,2-3,13H2,1H3,(H,14,15);1H. The van der Waals surface area contributed by atoms with E-state index in [1.807, 2.05) is 13.0 Å². The molecule has 0 spiro atoms. The zero-order chi connectivity index (χ0) is 11.0. The lowest BCUT2D eigenvalue weighted by atomic mass is 9.97. The van der Waals surface area contributed by atoms with Gasteiger partial charge in [0.1, 0.15) is 5.82 Å². The number of nitrogens with one attached hydrogen (secondary N) is 1. The van der Waals surface area contributed by atoms with Gasteiger partial charge in [0.05, 0.1) is 5.69 Å². The fourth-order valence-electron chi connectivity index (χ4n) is 1.74. The minimum atomic E-state index is -0.396. The second-order valence-electron chi connectivity index (χ2n) is 3.87. The molecule has 1 unspecified atom stereocenters. The number of anilines is 1. The Balaban J connectivity index is 0.00000128. The third-order valence-corrected chi connectivity index (χ3v) is 2.61. The summed E-state index contributed by atoms with van der Waals surface area (Å²) >= 11 is 0. The van der Waals surface area contributed by atoms with Crippen molar-refractivity contribution in [2.24, 2.45) is 5.73 Å². The van der Waals surface area contributed by atoms with Crippen LogP contribution in [0, 0.1) is 5.82 Å². The third kappa shape index (κ3) is 2.33. The van der Waals surface area contributed by atoms with Gasteiger partial charge < -0.3 is 11.1 Å². The number of rotatable bonds is 1. The molecule has 0 fully saturated rings. The maximum absolute atomic E-state index is 13.6. The van der Waals surface area contributed by atoms with Gasteiger partial charge in [-0.15, -0.1) is 12.4 Å². The van der Waals surface area contributed by atoms with Crippen LogP contribution in [0.1, 0.15) is 30.5 Å². The van der Waals surface area contributed by atoms with E-state index >= 15 is 0 Å². The minimum absolute atomic E-state index is 0. The summed E-state index contributed by atoms with van der Waals surface area (Å²) in [7, 11) is 0. The summed E-state index contributed by atoms with van der Waals surface area (Å²) in [6.07, 6.45) is 0.994. The number of nitrogens with two attached hydrogens (primary N) is 1. The molecule has 2 rings (SSSR count). The van der Waals surface area contributed by atoms with Gasteiger partial charge in [-0.1, -0.05) is 6.07 Å². The third-order valence-electron chi connectivity index (χ3n) is 2.61. The molecule has 0 radical (unpaired) electrons. The molecule has 0 aromatic heterocycles. The lowest BCUT2D eigenvalue weighted by Crippen LogP contribution is -2.21. The van der Waals surface area contributed by atoms with Crippen LogP contribution in [0.2, 0.25) is 0 Å². The molecule has 1 heterocycles. The van der Waals surface area contributed by atoms with Gasteiger partial charge in [-0.25, -0.2) is 4.39 Å². The summed E-state index contributed by atoms with van der Waals surface area (Å²) in [4.78, 5) is 11.1. The van der Waals surface area contributed by atoms with Gasteiger partial charge in [0.25, 0.3) is 0 Å². The van der Waals surface area contributed by atoms with Crippen molar-refractivity contribution in [1.82, 2.24) is 0 Å². The molecule has 5 heteroatoms. The molecule has 3 N–H and O–H groups in total. The molecule has 3 nitrogen and oxygen atoms in total. The summed E-state index contributed by atoms with van der Waals surface area (Å²) in [5.41, 5.74) is 7.61. The predicted octanol–water partition coefficient (Wildman–Crippen LogP) is 2.15. The Hall–Kier alpha value is -1.13. The summed E-state index contributed by atoms with van der Waals surface area (Å²) in [5, 5.41) is 2.54. The molecule has 1 aliphatic rings. The molecule has 0 aliphatic carbocycles.